The van der Waals surface area contributed by atoms with Crippen LogP contribution in [0.2, 0.25) is 0 Å². The summed E-state index contributed by atoms with van der Waals surface area (Å²) < 4.78 is 35.7. The minimum atomic E-state index is -3.70. The quantitative estimate of drug-likeness (QED) is 0.671. The predicted octanol–water partition coefficient (Wildman–Crippen LogP) is 2.83. The summed E-state index contributed by atoms with van der Waals surface area (Å²) in [6.45, 7) is 4.39. The first-order valence-electron chi connectivity index (χ1n) is 8.24. The second kappa shape index (κ2) is 7.61. The Bertz CT molecular complexity index is 1060. The molecule has 1 N–H and O–H groups in total. The highest BCUT2D eigenvalue weighted by Crippen LogP contribution is 2.22. The van der Waals surface area contributed by atoms with E-state index in [1.807, 2.05) is 37.3 Å². The number of aryl methyl sites for hydroxylation is 1. The lowest BCUT2D eigenvalue weighted by atomic mass is 10.3. The molecule has 1 aromatic heterocycles. The fourth-order valence-corrected chi connectivity index (χ4v) is 4.94. The number of nitrogens with one attached hydrogen (secondary N) is 1. The molecule has 0 saturated heterocycles. The van der Waals surface area contributed by atoms with Crippen LogP contribution in [0.1, 0.15) is 13.8 Å². The highest BCUT2D eigenvalue weighted by molar-refractivity contribution is 7.89. The average molecular weight is 393 g/mol. The van der Waals surface area contributed by atoms with Gasteiger partial charge in [0.15, 0.2) is 0 Å². The number of aromatic nitrogens is 1. The molecule has 138 valence electrons. The van der Waals surface area contributed by atoms with Crippen molar-refractivity contribution in [2.75, 3.05) is 6.61 Å². The zero-order valence-corrected chi connectivity index (χ0v) is 16.1. The zero-order chi connectivity index (χ0) is 18.7. The molecule has 1 atom stereocenters. The van der Waals surface area contributed by atoms with Crippen LogP contribution in [0.3, 0.4) is 0 Å². The van der Waals surface area contributed by atoms with E-state index in [1.54, 1.807) is 23.6 Å². The molecule has 0 spiro atoms. The van der Waals surface area contributed by atoms with Crippen molar-refractivity contribution in [2.45, 2.75) is 31.3 Å². The van der Waals surface area contributed by atoms with Crippen LogP contribution in [0.4, 0.5) is 0 Å². The molecule has 2 aromatic carbocycles. The van der Waals surface area contributed by atoms with Crippen molar-refractivity contribution < 1.29 is 13.2 Å². The van der Waals surface area contributed by atoms with Gasteiger partial charge in [0.05, 0.1) is 21.2 Å². The zero-order valence-electron chi connectivity index (χ0n) is 14.5. The first-order chi connectivity index (χ1) is 12.4. The molecule has 0 bridgehead atoms. The van der Waals surface area contributed by atoms with Crippen molar-refractivity contribution >= 4 is 31.6 Å². The fraction of sp³-hybridized carbons (Fsp3) is 0.278. The smallest absolute Gasteiger partial charge is 0.308 e. The molecule has 1 heterocycles. The van der Waals surface area contributed by atoms with E-state index in [2.05, 4.69) is 4.72 Å². The second-order valence-electron chi connectivity index (χ2n) is 5.89. The first-order valence-corrected chi connectivity index (χ1v) is 10.5. The maximum absolute atomic E-state index is 12.6. The molecule has 8 heteroatoms. The van der Waals surface area contributed by atoms with Crippen molar-refractivity contribution in [3.8, 4) is 5.75 Å². The summed E-state index contributed by atoms with van der Waals surface area (Å²) in [5, 5.41) is 0. The minimum absolute atomic E-state index is 0.0883. The van der Waals surface area contributed by atoms with E-state index in [9.17, 15) is 13.2 Å². The number of thiazole rings is 1. The van der Waals surface area contributed by atoms with Gasteiger partial charge in [0.25, 0.3) is 0 Å². The van der Waals surface area contributed by atoms with Crippen molar-refractivity contribution in [1.82, 2.24) is 9.29 Å². The number of fused-ring (bicyclic) bond motifs is 1. The number of rotatable bonds is 7. The summed E-state index contributed by atoms with van der Waals surface area (Å²) in [7, 11) is -3.70. The molecule has 0 radical (unpaired) electrons. The Hall–Kier alpha value is -2.16. The van der Waals surface area contributed by atoms with E-state index in [-0.39, 0.29) is 16.4 Å². The van der Waals surface area contributed by atoms with Crippen LogP contribution in [0.5, 0.6) is 5.75 Å². The summed E-state index contributed by atoms with van der Waals surface area (Å²) in [4.78, 5) is 12.0. The van der Waals surface area contributed by atoms with Crippen LogP contribution >= 0.6 is 11.3 Å². The number of ether oxygens (including phenoxy) is 1. The van der Waals surface area contributed by atoms with Gasteiger partial charge < -0.3 is 4.74 Å². The van der Waals surface area contributed by atoms with E-state index in [0.29, 0.717) is 17.0 Å². The SMILES string of the molecule is CCn1c(=O)sc2cc(S(=O)(=O)N[C@@H](C)COc3ccccc3)ccc21. The molecule has 0 aliphatic carbocycles. The van der Waals surface area contributed by atoms with Gasteiger partial charge in [-0.2, -0.15) is 0 Å². The topological polar surface area (TPSA) is 77.4 Å². The molecular weight excluding hydrogens is 372 g/mol. The summed E-state index contributed by atoms with van der Waals surface area (Å²) in [6, 6.07) is 13.6. The summed E-state index contributed by atoms with van der Waals surface area (Å²) in [5.41, 5.74) is 0.752. The molecule has 0 saturated carbocycles. The summed E-state index contributed by atoms with van der Waals surface area (Å²) in [5.74, 6) is 0.686. The van der Waals surface area contributed by atoms with Crippen LogP contribution in [0.25, 0.3) is 10.2 Å². The molecule has 6 nitrogen and oxygen atoms in total. The number of para-hydroxylation sites is 1. The normalized spacial score (nSPS) is 13.0. The molecule has 0 amide bonds. The highest BCUT2D eigenvalue weighted by atomic mass is 32.2. The van der Waals surface area contributed by atoms with Crippen LogP contribution in [-0.2, 0) is 16.6 Å². The maximum atomic E-state index is 12.6. The van der Waals surface area contributed by atoms with Gasteiger partial charge in [-0.25, -0.2) is 13.1 Å². The van der Waals surface area contributed by atoms with Gasteiger partial charge in [0, 0.05) is 6.54 Å². The number of nitrogens with zero attached hydrogens (tertiary/aromatic N) is 1. The predicted molar refractivity (Wildman–Crippen MR) is 103 cm³/mol. The number of hydrogen-bond donors (Lipinski definition) is 1. The van der Waals surface area contributed by atoms with E-state index >= 15 is 0 Å². The van der Waals surface area contributed by atoms with Crippen molar-refractivity contribution in [3.63, 3.8) is 0 Å². The van der Waals surface area contributed by atoms with Crippen LogP contribution < -0.4 is 14.3 Å². The molecule has 3 aromatic rings. The van der Waals surface area contributed by atoms with Gasteiger partial charge in [-0.1, -0.05) is 29.5 Å². The van der Waals surface area contributed by atoms with E-state index in [4.69, 9.17) is 4.74 Å². The third kappa shape index (κ3) is 3.98. The molecule has 3 rings (SSSR count). The van der Waals surface area contributed by atoms with Gasteiger partial charge in [0.1, 0.15) is 12.4 Å². The summed E-state index contributed by atoms with van der Waals surface area (Å²) >= 11 is 1.05. The largest absolute Gasteiger partial charge is 0.492 e. The van der Waals surface area contributed by atoms with Crippen LogP contribution in [0, 0.1) is 0 Å². The molecule has 0 fully saturated rings. The molecule has 26 heavy (non-hydrogen) atoms. The van der Waals surface area contributed by atoms with E-state index in [1.165, 1.54) is 6.07 Å². The molecule has 0 aliphatic rings. The monoisotopic (exact) mass is 392 g/mol. The molecular formula is C18H20N2O4S2. The standard InChI is InChI=1S/C18H20N2O4S2/c1-3-20-16-10-9-15(11-17(16)25-18(20)21)26(22,23)19-13(2)12-24-14-7-5-4-6-8-14/h4-11,13,19H,3,12H2,1-2H3/t13-/m0/s1. The maximum Gasteiger partial charge on any atom is 0.308 e. The van der Waals surface area contributed by atoms with Crippen molar-refractivity contribution in [3.05, 3.63) is 58.2 Å². The minimum Gasteiger partial charge on any atom is -0.492 e. The lowest BCUT2D eigenvalue weighted by Gasteiger charge is -2.15. The van der Waals surface area contributed by atoms with E-state index < -0.39 is 16.1 Å². The molecule has 0 unspecified atom stereocenters. The van der Waals surface area contributed by atoms with Gasteiger partial charge in [-0.15, -0.1) is 0 Å². The average Bonchev–Trinajstić information content (AvgIpc) is 2.94. The van der Waals surface area contributed by atoms with Gasteiger partial charge in [-0.3, -0.25) is 9.36 Å². The Labute approximate surface area is 156 Å². The number of sulfonamides is 1. The van der Waals surface area contributed by atoms with Gasteiger partial charge in [-0.05, 0) is 44.2 Å². The first kappa shape index (κ1) is 18.6. The van der Waals surface area contributed by atoms with Gasteiger partial charge in [0.2, 0.25) is 10.0 Å². The Balaban J connectivity index is 1.75. The van der Waals surface area contributed by atoms with Crippen LogP contribution in [0.15, 0.2) is 58.2 Å². The Kier molecular flexibility index (Phi) is 5.45. The molecule has 0 aliphatic heterocycles. The second-order valence-corrected chi connectivity index (χ2v) is 8.60. The Morgan fingerprint density at radius 3 is 2.62 bits per heavy atom. The highest BCUT2D eigenvalue weighted by Gasteiger charge is 2.19. The van der Waals surface area contributed by atoms with Crippen molar-refractivity contribution in [1.29, 1.82) is 0 Å². The summed E-state index contributed by atoms with van der Waals surface area (Å²) in [6.07, 6.45) is 0. The number of benzene rings is 2. The van der Waals surface area contributed by atoms with E-state index in [0.717, 1.165) is 16.9 Å². The lowest BCUT2D eigenvalue weighted by Crippen LogP contribution is -2.36. The van der Waals surface area contributed by atoms with Gasteiger partial charge >= 0.3 is 4.87 Å². The third-order valence-corrected chi connectivity index (χ3v) is 6.39. The fourth-order valence-electron chi connectivity index (χ4n) is 2.62. The Morgan fingerprint density at radius 1 is 1.19 bits per heavy atom. The number of hydrogen-bond acceptors (Lipinski definition) is 5. The Morgan fingerprint density at radius 2 is 1.92 bits per heavy atom. The van der Waals surface area contributed by atoms with Crippen molar-refractivity contribution in [2.24, 2.45) is 0 Å². The third-order valence-electron chi connectivity index (χ3n) is 3.87. The lowest BCUT2D eigenvalue weighted by molar-refractivity contribution is 0.287. The van der Waals surface area contributed by atoms with Crippen LogP contribution in [-0.4, -0.2) is 25.6 Å².